The number of Topliss-reactive ketones (excluding diaryl/α,β-unsaturated/α-hetero) is 1. The quantitative estimate of drug-likeness (QED) is 0.735. The van der Waals surface area contributed by atoms with E-state index < -0.39 is 11.2 Å². The average Bonchev–Trinajstić information content (AvgIpc) is 2.96. The lowest BCUT2D eigenvalue weighted by Crippen LogP contribution is -2.45. The molecule has 0 saturated carbocycles. The Morgan fingerprint density at radius 2 is 1.67 bits per heavy atom. The van der Waals surface area contributed by atoms with Crippen molar-refractivity contribution in [2.24, 2.45) is 0 Å². The second kappa shape index (κ2) is 6.22. The predicted molar refractivity (Wildman–Crippen MR) is 108 cm³/mol. The van der Waals surface area contributed by atoms with Crippen molar-refractivity contribution < 1.29 is 14.6 Å². The molecule has 1 saturated heterocycles. The van der Waals surface area contributed by atoms with E-state index in [1.54, 1.807) is 0 Å². The minimum Gasteiger partial charge on any atom is -0.508 e. The van der Waals surface area contributed by atoms with Crippen molar-refractivity contribution in [3.05, 3.63) is 64.4 Å². The van der Waals surface area contributed by atoms with Crippen LogP contribution in [0, 0.1) is 0 Å². The van der Waals surface area contributed by atoms with E-state index in [2.05, 4.69) is 6.92 Å². The smallest absolute Gasteiger partial charge is 0.198 e. The number of fused-ring (bicyclic) bond motifs is 2. The third-order valence-electron chi connectivity index (χ3n) is 5.91. The highest BCUT2D eigenvalue weighted by Crippen LogP contribution is 2.50. The molecule has 2 unspecified atom stereocenters. The monoisotopic (exact) mass is 382 g/mol. The third kappa shape index (κ3) is 2.81. The summed E-state index contributed by atoms with van der Waals surface area (Å²) in [6, 6.07) is 13.7. The maximum Gasteiger partial charge on any atom is 0.198 e. The van der Waals surface area contributed by atoms with Crippen molar-refractivity contribution in [2.45, 2.75) is 51.2 Å². The first kappa shape index (κ1) is 18.3. The molecule has 2 aromatic carbocycles. The van der Waals surface area contributed by atoms with Crippen molar-refractivity contribution in [3.8, 4) is 11.1 Å². The number of carbonyl (C=O) groups is 1. The van der Waals surface area contributed by atoms with Gasteiger partial charge in [0.2, 0.25) is 0 Å². The van der Waals surface area contributed by atoms with Crippen molar-refractivity contribution >= 4 is 23.0 Å². The fraction of sp³-hybridized carbons (Fsp3) is 0.348. The molecule has 1 N–H and O–H groups in total. The highest BCUT2D eigenvalue weighted by atomic mass is 35.5. The number of aliphatic hydroxyl groups is 1. The number of halogens is 1. The van der Waals surface area contributed by atoms with Gasteiger partial charge in [-0.1, -0.05) is 42.8 Å². The molecule has 140 valence electrons. The fourth-order valence-electron chi connectivity index (χ4n) is 4.23. The molecule has 1 fully saturated rings. The Balaban J connectivity index is 1.91. The normalized spacial score (nSPS) is 27.3. The van der Waals surface area contributed by atoms with E-state index in [0.717, 1.165) is 28.7 Å². The van der Waals surface area contributed by atoms with Gasteiger partial charge in [-0.2, -0.15) is 0 Å². The second-order valence-electron chi connectivity index (χ2n) is 7.85. The first-order valence-corrected chi connectivity index (χ1v) is 9.73. The van der Waals surface area contributed by atoms with E-state index in [1.807, 2.05) is 56.3 Å². The van der Waals surface area contributed by atoms with E-state index in [4.69, 9.17) is 16.3 Å². The van der Waals surface area contributed by atoms with Gasteiger partial charge in [0, 0.05) is 5.02 Å². The number of rotatable bonds is 3. The lowest BCUT2D eigenvalue weighted by atomic mass is 9.83. The second-order valence-corrected chi connectivity index (χ2v) is 8.29. The summed E-state index contributed by atoms with van der Waals surface area (Å²) >= 11 is 6.01. The lowest BCUT2D eigenvalue weighted by Gasteiger charge is -2.36. The summed E-state index contributed by atoms with van der Waals surface area (Å²) in [5.74, 6) is -0.0663. The fourth-order valence-corrected chi connectivity index (χ4v) is 4.35. The zero-order valence-corrected chi connectivity index (χ0v) is 16.6. The van der Waals surface area contributed by atoms with Gasteiger partial charge in [0.05, 0.1) is 5.57 Å². The molecule has 4 rings (SSSR count). The highest BCUT2D eigenvalue weighted by molar-refractivity contribution is 6.30. The molecular weight excluding hydrogens is 360 g/mol. The molecule has 0 amide bonds. The van der Waals surface area contributed by atoms with Crippen molar-refractivity contribution in [3.63, 3.8) is 0 Å². The third-order valence-corrected chi connectivity index (χ3v) is 6.16. The number of benzene rings is 2. The number of ether oxygens (including phenoxy) is 1. The highest BCUT2D eigenvalue weighted by Gasteiger charge is 2.57. The summed E-state index contributed by atoms with van der Waals surface area (Å²) in [6.07, 6.45) is 2.03. The molecule has 3 nitrogen and oxygen atoms in total. The first-order valence-electron chi connectivity index (χ1n) is 9.35. The number of aryl methyl sites for hydroxylation is 1. The van der Waals surface area contributed by atoms with Gasteiger partial charge in [-0.3, -0.25) is 4.79 Å². The Morgan fingerprint density at radius 1 is 1.04 bits per heavy atom. The van der Waals surface area contributed by atoms with Crippen LogP contribution in [-0.2, 0) is 16.0 Å². The van der Waals surface area contributed by atoms with Crippen LogP contribution in [0.3, 0.4) is 0 Å². The van der Waals surface area contributed by atoms with Crippen LogP contribution >= 0.6 is 11.6 Å². The van der Waals surface area contributed by atoms with Crippen LogP contribution in [0.2, 0.25) is 5.02 Å². The number of ketones is 1. The van der Waals surface area contributed by atoms with E-state index >= 15 is 0 Å². The standard InChI is InChI=1S/C23H23ClO3/c1-4-14-5-6-16(15-7-9-17(24)10-8-15)13-18(14)19-20(25)22(2)11-12-23(3,27-22)21(19)26/h5-10,13,25H,4,11-12H2,1-3H3. The SMILES string of the molecule is CCc1ccc(-c2ccc(Cl)cc2)cc1C1=C(O)C2(C)CCC(C)(O2)C1=O. The molecular formula is C23H23ClO3. The molecule has 4 heteroatoms. The molecule has 0 spiro atoms. The minimum absolute atomic E-state index is 0.0606. The molecule has 2 heterocycles. The van der Waals surface area contributed by atoms with Crippen LogP contribution in [0.1, 0.15) is 44.7 Å². The molecule has 27 heavy (non-hydrogen) atoms. The Bertz CT molecular complexity index is 960. The molecule has 2 aliphatic heterocycles. The Hall–Kier alpha value is -2.10. The molecule has 2 atom stereocenters. The van der Waals surface area contributed by atoms with Gasteiger partial charge in [0.15, 0.2) is 5.78 Å². The van der Waals surface area contributed by atoms with Gasteiger partial charge in [0.1, 0.15) is 17.0 Å². The lowest BCUT2D eigenvalue weighted by molar-refractivity contribution is -0.146. The number of aliphatic hydroxyl groups excluding tert-OH is 1. The van der Waals surface area contributed by atoms with Gasteiger partial charge in [0.25, 0.3) is 0 Å². The largest absolute Gasteiger partial charge is 0.508 e. The summed E-state index contributed by atoms with van der Waals surface area (Å²) in [4.78, 5) is 13.3. The van der Waals surface area contributed by atoms with E-state index in [-0.39, 0.29) is 11.5 Å². The summed E-state index contributed by atoms with van der Waals surface area (Å²) in [5.41, 5.74) is 2.60. The number of carbonyl (C=O) groups excluding carboxylic acids is 1. The van der Waals surface area contributed by atoms with Gasteiger partial charge in [-0.05, 0) is 73.6 Å². The van der Waals surface area contributed by atoms with Crippen molar-refractivity contribution in [1.82, 2.24) is 0 Å². The Kier molecular flexibility index (Phi) is 4.21. The van der Waals surface area contributed by atoms with Crippen molar-refractivity contribution in [2.75, 3.05) is 0 Å². The van der Waals surface area contributed by atoms with Gasteiger partial charge >= 0.3 is 0 Å². The Labute approximate surface area is 164 Å². The van der Waals surface area contributed by atoms with Gasteiger partial charge in [-0.15, -0.1) is 0 Å². The summed E-state index contributed by atoms with van der Waals surface area (Å²) in [5, 5.41) is 11.7. The topological polar surface area (TPSA) is 46.5 Å². The zero-order valence-electron chi connectivity index (χ0n) is 15.8. The summed E-state index contributed by atoms with van der Waals surface area (Å²) in [6.45, 7) is 5.76. The number of hydrogen-bond donors (Lipinski definition) is 1. The molecule has 2 aromatic rings. The molecule has 2 bridgehead atoms. The first-order chi connectivity index (χ1) is 12.8. The maximum absolute atomic E-state index is 13.3. The number of hydrogen-bond acceptors (Lipinski definition) is 3. The predicted octanol–water partition coefficient (Wildman–Crippen LogP) is 5.75. The van der Waals surface area contributed by atoms with E-state index in [9.17, 15) is 9.90 Å². The van der Waals surface area contributed by atoms with Crippen LogP contribution in [0.25, 0.3) is 16.7 Å². The van der Waals surface area contributed by atoms with Crippen LogP contribution in [0.4, 0.5) is 0 Å². The minimum atomic E-state index is -0.863. The summed E-state index contributed by atoms with van der Waals surface area (Å²) < 4.78 is 5.98. The van der Waals surface area contributed by atoms with E-state index in [1.165, 1.54) is 0 Å². The molecule has 2 aliphatic rings. The van der Waals surface area contributed by atoms with Crippen LogP contribution in [0.15, 0.2) is 48.2 Å². The Morgan fingerprint density at radius 3 is 2.33 bits per heavy atom. The maximum atomic E-state index is 13.3. The van der Waals surface area contributed by atoms with Crippen molar-refractivity contribution in [1.29, 1.82) is 0 Å². The van der Waals surface area contributed by atoms with E-state index in [0.29, 0.717) is 23.4 Å². The summed E-state index contributed by atoms with van der Waals surface area (Å²) in [7, 11) is 0. The zero-order chi connectivity index (χ0) is 19.4. The van der Waals surface area contributed by atoms with Crippen LogP contribution < -0.4 is 0 Å². The van der Waals surface area contributed by atoms with Crippen LogP contribution in [-0.4, -0.2) is 22.1 Å². The molecule has 0 aromatic heterocycles. The molecule has 0 aliphatic carbocycles. The average molecular weight is 383 g/mol. The van der Waals surface area contributed by atoms with Gasteiger partial charge < -0.3 is 9.84 Å². The molecule has 0 radical (unpaired) electrons. The van der Waals surface area contributed by atoms with Crippen LogP contribution in [0.5, 0.6) is 0 Å². The van der Waals surface area contributed by atoms with Gasteiger partial charge in [-0.25, -0.2) is 0 Å².